The highest BCUT2D eigenvalue weighted by Crippen LogP contribution is 2.32. The fourth-order valence-electron chi connectivity index (χ4n) is 1.26. The van der Waals surface area contributed by atoms with Crippen LogP contribution in [0.5, 0.6) is 0 Å². The van der Waals surface area contributed by atoms with Crippen LogP contribution in [0.2, 0.25) is 0 Å². The highest BCUT2D eigenvalue weighted by molar-refractivity contribution is 5.68. The molecule has 0 N–H and O–H groups in total. The lowest BCUT2D eigenvalue weighted by atomic mass is 10.0. The lowest BCUT2D eigenvalue weighted by Gasteiger charge is -2.30. The highest BCUT2D eigenvalue weighted by atomic mass is 16.6. The average molecular weight is 215 g/mol. The molecule has 0 aliphatic carbocycles. The number of carbonyl (C=O) groups is 1. The SMILES string of the molecule is CC(N(C)C(=O)OC(C)(C)C)C1(C)CO1. The number of epoxide rings is 1. The molecule has 0 aromatic carbocycles. The Bertz CT molecular complexity index is 253. The van der Waals surface area contributed by atoms with Crippen LogP contribution < -0.4 is 0 Å². The maximum atomic E-state index is 11.7. The van der Waals surface area contributed by atoms with E-state index in [4.69, 9.17) is 9.47 Å². The van der Waals surface area contributed by atoms with E-state index in [0.717, 1.165) is 0 Å². The summed E-state index contributed by atoms with van der Waals surface area (Å²) in [5.41, 5.74) is -0.637. The Hall–Kier alpha value is -0.770. The van der Waals surface area contributed by atoms with Crippen molar-refractivity contribution < 1.29 is 14.3 Å². The second-order valence-corrected chi connectivity index (χ2v) is 5.37. The summed E-state index contributed by atoms with van der Waals surface area (Å²) >= 11 is 0. The standard InChI is InChI=1S/C11H21NO3/c1-8(11(5)7-14-11)12(6)9(13)15-10(2,3)4/h8H,7H2,1-6H3. The van der Waals surface area contributed by atoms with Crippen molar-refractivity contribution in [2.24, 2.45) is 0 Å². The molecule has 1 saturated heterocycles. The van der Waals surface area contributed by atoms with Gasteiger partial charge in [-0.25, -0.2) is 4.79 Å². The molecule has 4 heteroatoms. The highest BCUT2D eigenvalue weighted by Gasteiger charge is 2.48. The summed E-state index contributed by atoms with van der Waals surface area (Å²) in [5.74, 6) is 0. The van der Waals surface area contributed by atoms with Crippen molar-refractivity contribution in [2.75, 3.05) is 13.7 Å². The molecule has 1 fully saturated rings. The number of ether oxygens (including phenoxy) is 2. The van der Waals surface area contributed by atoms with Crippen molar-refractivity contribution in [3.63, 3.8) is 0 Å². The molecule has 2 unspecified atom stereocenters. The minimum absolute atomic E-state index is 0.0346. The molecular weight excluding hydrogens is 194 g/mol. The van der Waals surface area contributed by atoms with Gasteiger partial charge in [0.05, 0.1) is 12.6 Å². The molecule has 0 radical (unpaired) electrons. The zero-order valence-corrected chi connectivity index (χ0v) is 10.5. The quantitative estimate of drug-likeness (QED) is 0.662. The van der Waals surface area contributed by atoms with Crippen LogP contribution in [0, 0.1) is 0 Å². The number of likely N-dealkylation sites (N-methyl/N-ethyl adjacent to an activating group) is 1. The maximum Gasteiger partial charge on any atom is 0.410 e. The van der Waals surface area contributed by atoms with Crippen LogP contribution in [0.4, 0.5) is 4.79 Å². The number of hydrogen-bond acceptors (Lipinski definition) is 3. The fraction of sp³-hybridized carbons (Fsp3) is 0.909. The predicted octanol–water partition coefficient (Wildman–Crippen LogP) is 2.03. The Kier molecular flexibility index (Phi) is 3.01. The Morgan fingerprint density at radius 3 is 2.33 bits per heavy atom. The van der Waals surface area contributed by atoms with Crippen molar-refractivity contribution in [1.82, 2.24) is 4.90 Å². The number of amides is 1. The van der Waals surface area contributed by atoms with Gasteiger partial charge in [0.15, 0.2) is 0 Å². The van der Waals surface area contributed by atoms with Crippen LogP contribution in [-0.2, 0) is 9.47 Å². The second kappa shape index (κ2) is 3.67. The molecule has 0 bridgehead atoms. The van der Waals surface area contributed by atoms with Gasteiger partial charge in [-0.05, 0) is 34.6 Å². The number of hydrogen-bond donors (Lipinski definition) is 0. The van der Waals surface area contributed by atoms with Gasteiger partial charge in [-0.1, -0.05) is 0 Å². The van der Waals surface area contributed by atoms with E-state index in [9.17, 15) is 4.79 Å². The first-order chi connectivity index (χ1) is 6.66. The summed E-state index contributed by atoms with van der Waals surface area (Å²) in [7, 11) is 1.74. The molecule has 1 rings (SSSR count). The van der Waals surface area contributed by atoms with Gasteiger partial charge in [-0.15, -0.1) is 0 Å². The van der Waals surface area contributed by atoms with Gasteiger partial charge < -0.3 is 14.4 Å². The van der Waals surface area contributed by atoms with Gasteiger partial charge in [0.1, 0.15) is 11.2 Å². The molecule has 4 nitrogen and oxygen atoms in total. The molecule has 0 spiro atoms. The minimum atomic E-state index is -0.448. The summed E-state index contributed by atoms with van der Waals surface area (Å²) in [5, 5.41) is 0. The molecular formula is C11H21NO3. The van der Waals surface area contributed by atoms with Crippen LogP contribution in [0.1, 0.15) is 34.6 Å². The van der Waals surface area contributed by atoms with Gasteiger partial charge in [0, 0.05) is 7.05 Å². The van der Waals surface area contributed by atoms with Crippen LogP contribution in [0.15, 0.2) is 0 Å². The minimum Gasteiger partial charge on any atom is -0.444 e. The lowest BCUT2D eigenvalue weighted by Crippen LogP contribution is -2.45. The zero-order valence-electron chi connectivity index (χ0n) is 10.5. The molecule has 88 valence electrons. The summed E-state index contributed by atoms with van der Waals surface area (Å²) in [6, 6.07) is 0.0346. The molecule has 0 saturated carbocycles. The summed E-state index contributed by atoms with van der Waals surface area (Å²) < 4.78 is 10.6. The average Bonchev–Trinajstić information content (AvgIpc) is 2.79. The van der Waals surface area contributed by atoms with Crippen molar-refractivity contribution in [1.29, 1.82) is 0 Å². The van der Waals surface area contributed by atoms with E-state index in [1.807, 2.05) is 34.6 Å². The van der Waals surface area contributed by atoms with Crippen molar-refractivity contribution in [3.05, 3.63) is 0 Å². The Morgan fingerprint density at radius 1 is 1.53 bits per heavy atom. The Balaban J connectivity index is 2.53. The normalized spacial score (nSPS) is 27.1. The van der Waals surface area contributed by atoms with E-state index in [1.165, 1.54) is 0 Å². The second-order valence-electron chi connectivity index (χ2n) is 5.37. The van der Waals surface area contributed by atoms with Crippen LogP contribution in [0.3, 0.4) is 0 Å². The summed E-state index contributed by atoms with van der Waals surface area (Å²) in [6.45, 7) is 10.3. The Labute approximate surface area is 91.5 Å². The topological polar surface area (TPSA) is 42.1 Å². The Morgan fingerprint density at radius 2 is 2.00 bits per heavy atom. The van der Waals surface area contributed by atoms with Crippen molar-refractivity contribution >= 4 is 6.09 Å². The van der Waals surface area contributed by atoms with E-state index in [1.54, 1.807) is 11.9 Å². The van der Waals surface area contributed by atoms with E-state index < -0.39 is 5.60 Å². The molecule has 15 heavy (non-hydrogen) atoms. The van der Waals surface area contributed by atoms with Crippen LogP contribution in [-0.4, -0.2) is 41.9 Å². The van der Waals surface area contributed by atoms with Crippen LogP contribution in [0.25, 0.3) is 0 Å². The largest absolute Gasteiger partial charge is 0.444 e. The maximum absolute atomic E-state index is 11.7. The monoisotopic (exact) mass is 215 g/mol. The predicted molar refractivity (Wildman–Crippen MR) is 57.8 cm³/mol. The van der Waals surface area contributed by atoms with Crippen LogP contribution >= 0.6 is 0 Å². The fourth-order valence-corrected chi connectivity index (χ4v) is 1.26. The molecule has 0 aromatic rings. The third-order valence-corrected chi connectivity index (χ3v) is 2.75. The molecule has 0 aromatic heterocycles. The van der Waals surface area contributed by atoms with Crippen molar-refractivity contribution in [3.8, 4) is 0 Å². The number of nitrogens with zero attached hydrogens (tertiary/aromatic N) is 1. The first-order valence-electron chi connectivity index (χ1n) is 5.25. The van der Waals surface area contributed by atoms with Gasteiger partial charge in [-0.2, -0.15) is 0 Å². The first-order valence-corrected chi connectivity index (χ1v) is 5.25. The van der Waals surface area contributed by atoms with E-state index in [-0.39, 0.29) is 17.7 Å². The van der Waals surface area contributed by atoms with Crippen molar-refractivity contribution in [2.45, 2.75) is 51.9 Å². The molecule has 2 atom stereocenters. The first kappa shape index (κ1) is 12.3. The molecule has 1 aliphatic rings. The van der Waals surface area contributed by atoms with E-state index >= 15 is 0 Å². The molecule has 1 heterocycles. The number of carbonyl (C=O) groups excluding carboxylic acids is 1. The van der Waals surface area contributed by atoms with Gasteiger partial charge in [0.2, 0.25) is 0 Å². The molecule has 1 amide bonds. The van der Waals surface area contributed by atoms with E-state index in [0.29, 0.717) is 6.61 Å². The smallest absolute Gasteiger partial charge is 0.410 e. The lowest BCUT2D eigenvalue weighted by molar-refractivity contribution is 0.0164. The van der Waals surface area contributed by atoms with E-state index in [2.05, 4.69) is 0 Å². The zero-order chi connectivity index (χ0) is 11.9. The van der Waals surface area contributed by atoms with Gasteiger partial charge in [0.25, 0.3) is 0 Å². The van der Waals surface area contributed by atoms with Gasteiger partial charge in [-0.3, -0.25) is 0 Å². The molecule has 1 aliphatic heterocycles. The summed E-state index contributed by atoms with van der Waals surface area (Å²) in [4.78, 5) is 13.3. The third-order valence-electron chi connectivity index (χ3n) is 2.75. The summed E-state index contributed by atoms with van der Waals surface area (Å²) in [6.07, 6.45) is -0.299. The number of rotatable bonds is 2. The third kappa shape index (κ3) is 3.09. The van der Waals surface area contributed by atoms with Gasteiger partial charge >= 0.3 is 6.09 Å².